The van der Waals surface area contributed by atoms with Gasteiger partial charge in [0.25, 0.3) is 5.91 Å². The molecule has 0 radical (unpaired) electrons. The molecular weight excluding hydrogens is 264 g/mol. The fourth-order valence-electron chi connectivity index (χ4n) is 3.02. The molecular formula is C16H20N4O. The lowest BCUT2D eigenvalue weighted by atomic mass is 10.0. The molecule has 1 aromatic heterocycles. The summed E-state index contributed by atoms with van der Waals surface area (Å²) >= 11 is 0. The van der Waals surface area contributed by atoms with Gasteiger partial charge in [-0.3, -0.25) is 4.79 Å². The van der Waals surface area contributed by atoms with Crippen molar-refractivity contribution in [3.8, 4) is 0 Å². The Labute approximate surface area is 124 Å². The van der Waals surface area contributed by atoms with Crippen LogP contribution in [-0.2, 0) is 6.54 Å². The van der Waals surface area contributed by atoms with Gasteiger partial charge < -0.3 is 9.47 Å². The first-order chi connectivity index (χ1) is 9.97. The minimum atomic E-state index is 0.0787. The highest BCUT2D eigenvalue weighted by Crippen LogP contribution is 2.23. The predicted octanol–water partition coefficient (Wildman–Crippen LogP) is 2.42. The van der Waals surface area contributed by atoms with Crippen molar-refractivity contribution in [2.45, 2.75) is 40.3 Å². The second-order valence-corrected chi connectivity index (χ2v) is 5.89. The summed E-state index contributed by atoms with van der Waals surface area (Å²) in [6, 6.07) is 6.21. The number of rotatable bonds is 1. The van der Waals surface area contributed by atoms with Gasteiger partial charge in [0, 0.05) is 12.1 Å². The number of hydrogen-bond acceptors (Lipinski definition) is 3. The van der Waals surface area contributed by atoms with Gasteiger partial charge in [0.2, 0.25) is 0 Å². The molecule has 5 heteroatoms. The molecule has 1 unspecified atom stereocenters. The molecule has 5 nitrogen and oxygen atoms in total. The van der Waals surface area contributed by atoms with Crippen molar-refractivity contribution >= 4 is 5.91 Å². The highest BCUT2D eigenvalue weighted by molar-refractivity contribution is 5.95. The molecule has 0 saturated heterocycles. The van der Waals surface area contributed by atoms with Crippen LogP contribution in [0.5, 0.6) is 0 Å². The maximum Gasteiger partial charge on any atom is 0.254 e. The minimum absolute atomic E-state index is 0.0787. The van der Waals surface area contributed by atoms with E-state index in [9.17, 15) is 4.79 Å². The van der Waals surface area contributed by atoms with Crippen molar-refractivity contribution in [3.05, 3.63) is 46.5 Å². The van der Waals surface area contributed by atoms with E-state index in [4.69, 9.17) is 0 Å². The van der Waals surface area contributed by atoms with Crippen molar-refractivity contribution in [3.63, 3.8) is 0 Å². The van der Waals surface area contributed by atoms with Crippen LogP contribution in [0.2, 0.25) is 0 Å². The summed E-state index contributed by atoms with van der Waals surface area (Å²) < 4.78 is 2.12. The van der Waals surface area contributed by atoms with Gasteiger partial charge >= 0.3 is 0 Å². The van der Waals surface area contributed by atoms with Gasteiger partial charge in [0.1, 0.15) is 5.82 Å². The molecule has 0 aliphatic carbocycles. The molecule has 1 amide bonds. The zero-order valence-corrected chi connectivity index (χ0v) is 12.9. The number of carbonyl (C=O) groups excluding carboxylic acids is 1. The minimum Gasteiger partial charge on any atom is -0.329 e. The Morgan fingerprint density at radius 1 is 1.24 bits per heavy atom. The van der Waals surface area contributed by atoms with E-state index in [-0.39, 0.29) is 11.9 Å². The van der Waals surface area contributed by atoms with Crippen LogP contribution >= 0.6 is 0 Å². The molecule has 110 valence electrons. The molecule has 0 saturated carbocycles. The van der Waals surface area contributed by atoms with Crippen LogP contribution in [0.3, 0.4) is 0 Å². The molecule has 2 heterocycles. The Morgan fingerprint density at radius 3 is 2.76 bits per heavy atom. The highest BCUT2D eigenvalue weighted by atomic mass is 16.2. The van der Waals surface area contributed by atoms with Crippen LogP contribution < -0.4 is 0 Å². The van der Waals surface area contributed by atoms with Crippen LogP contribution in [0.15, 0.2) is 18.2 Å². The average molecular weight is 284 g/mol. The average Bonchev–Trinajstić information content (AvgIpc) is 2.82. The lowest BCUT2D eigenvalue weighted by molar-refractivity contribution is 0.0679. The standard InChI is InChI=1S/C16H20N4O/c1-10-5-6-11(2)14(7-10)16(21)19-8-12(3)20-13(4)17-18-15(20)9-19/h5-7,12H,8-9H2,1-4H3. The first-order valence-corrected chi connectivity index (χ1v) is 7.24. The second kappa shape index (κ2) is 4.98. The van der Waals surface area contributed by atoms with Crippen molar-refractivity contribution < 1.29 is 4.79 Å². The van der Waals surface area contributed by atoms with E-state index in [1.165, 1.54) is 0 Å². The third-order valence-corrected chi connectivity index (χ3v) is 4.11. The summed E-state index contributed by atoms with van der Waals surface area (Å²) in [4.78, 5) is 14.7. The largest absolute Gasteiger partial charge is 0.329 e. The van der Waals surface area contributed by atoms with E-state index in [1.807, 2.05) is 43.9 Å². The molecule has 1 aromatic carbocycles. The maximum absolute atomic E-state index is 12.8. The zero-order valence-electron chi connectivity index (χ0n) is 12.9. The third kappa shape index (κ3) is 2.33. The summed E-state index contributed by atoms with van der Waals surface area (Å²) in [5.74, 6) is 1.86. The van der Waals surface area contributed by atoms with Crippen molar-refractivity contribution in [2.24, 2.45) is 0 Å². The van der Waals surface area contributed by atoms with Gasteiger partial charge in [-0.2, -0.15) is 0 Å². The molecule has 21 heavy (non-hydrogen) atoms. The van der Waals surface area contributed by atoms with Gasteiger partial charge in [-0.15, -0.1) is 10.2 Å². The van der Waals surface area contributed by atoms with Crippen LogP contribution in [0, 0.1) is 20.8 Å². The third-order valence-electron chi connectivity index (χ3n) is 4.11. The Balaban J connectivity index is 1.92. The van der Waals surface area contributed by atoms with E-state index >= 15 is 0 Å². The van der Waals surface area contributed by atoms with Gasteiger partial charge in [-0.1, -0.05) is 17.7 Å². The molecule has 2 aromatic rings. The number of carbonyl (C=O) groups is 1. The molecule has 0 bridgehead atoms. The summed E-state index contributed by atoms with van der Waals surface area (Å²) in [5, 5.41) is 8.31. The maximum atomic E-state index is 12.8. The number of aryl methyl sites for hydroxylation is 3. The van der Waals surface area contributed by atoms with Crippen molar-refractivity contribution in [1.82, 2.24) is 19.7 Å². The van der Waals surface area contributed by atoms with Gasteiger partial charge in [0.05, 0.1) is 12.6 Å². The molecule has 0 N–H and O–H groups in total. The van der Waals surface area contributed by atoms with E-state index in [2.05, 4.69) is 21.7 Å². The second-order valence-electron chi connectivity index (χ2n) is 5.89. The van der Waals surface area contributed by atoms with Crippen LogP contribution in [0.4, 0.5) is 0 Å². The quantitative estimate of drug-likeness (QED) is 0.808. The molecule has 1 atom stereocenters. The number of amides is 1. The number of hydrogen-bond donors (Lipinski definition) is 0. The van der Waals surface area contributed by atoms with Crippen molar-refractivity contribution in [1.29, 1.82) is 0 Å². The lowest BCUT2D eigenvalue weighted by Gasteiger charge is -2.32. The Kier molecular flexibility index (Phi) is 3.27. The Hall–Kier alpha value is -2.17. The zero-order chi connectivity index (χ0) is 15.1. The van der Waals surface area contributed by atoms with E-state index in [0.29, 0.717) is 13.1 Å². The Bertz CT molecular complexity index is 704. The summed E-state index contributed by atoms with van der Waals surface area (Å²) in [5.41, 5.74) is 2.90. The number of fused-ring (bicyclic) bond motifs is 1. The molecule has 0 spiro atoms. The SMILES string of the molecule is Cc1ccc(C)c(C(=O)N2Cc3nnc(C)n3C(C)C2)c1. The Morgan fingerprint density at radius 2 is 2.00 bits per heavy atom. The summed E-state index contributed by atoms with van der Waals surface area (Å²) in [7, 11) is 0. The van der Waals surface area contributed by atoms with Crippen LogP contribution in [0.1, 0.15) is 46.1 Å². The molecule has 1 aliphatic rings. The molecule has 0 fully saturated rings. The van der Waals surface area contributed by atoms with Crippen molar-refractivity contribution in [2.75, 3.05) is 6.54 Å². The fraction of sp³-hybridized carbons (Fsp3) is 0.438. The number of benzene rings is 1. The fourth-order valence-corrected chi connectivity index (χ4v) is 3.02. The van der Waals surface area contributed by atoms with E-state index in [1.54, 1.807) is 0 Å². The normalized spacial score (nSPS) is 17.7. The molecule has 3 rings (SSSR count). The molecule has 1 aliphatic heterocycles. The monoisotopic (exact) mass is 284 g/mol. The lowest BCUT2D eigenvalue weighted by Crippen LogP contribution is -2.40. The predicted molar refractivity (Wildman–Crippen MR) is 80.1 cm³/mol. The summed E-state index contributed by atoms with van der Waals surface area (Å²) in [6.07, 6.45) is 0. The smallest absolute Gasteiger partial charge is 0.254 e. The van der Waals surface area contributed by atoms with Gasteiger partial charge in [0.15, 0.2) is 5.82 Å². The van der Waals surface area contributed by atoms with E-state index < -0.39 is 0 Å². The van der Waals surface area contributed by atoms with Crippen LogP contribution in [0.25, 0.3) is 0 Å². The topological polar surface area (TPSA) is 51.0 Å². The van der Waals surface area contributed by atoms with Gasteiger partial charge in [-0.25, -0.2) is 0 Å². The van der Waals surface area contributed by atoms with Crippen LogP contribution in [-0.4, -0.2) is 32.1 Å². The van der Waals surface area contributed by atoms with Gasteiger partial charge in [-0.05, 0) is 39.3 Å². The number of nitrogens with zero attached hydrogens (tertiary/aromatic N) is 4. The summed E-state index contributed by atoms with van der Waals surface area (Å²) in [6.45, 7) is 9.26. The first kappa shape index (κ1) is 13.8. The highest BCUT2D eigenvalue weighted by Gasteiger charge is 2.29. The van der Waals surface area contributed by atoms with E-state index in [0.717, 1.165) is 28.3 Å². The number of aromatic nitrogens is 3. The first-order valence-electron chi connectivity index (χ1n) is 7.24.